The van der Waals surface area contributed by atoms with Gasteiger partial charge in [0.25, 0.3) is 0 Å². The van der Waals surface area contributed by atoms with Gasteiger partial charge < -0.3 is 0 Å². The fourth-order valence-electron chi connectivity index (χ4n) is 0.0319. The second-order valence-electron chi connectivity index (χ2n) is 0.412. The number of rotatable bonds is 2. The zero-order valence-corrected chi connectivity index (χ0v) is 4.51. The molecule has 0 fully saturated rings. The summed E-state index contributed by atoms with van der Waals surface area (Å²) >= 11 is 0. The highest BCUT2D eigenvalue weighted by Crippen LogP contribution is 2.20. The van der Waals surface area contributed by atoms with Gasteiger partial charge in [-0.05, 0) is 4.57 Å². The van der Waals surface area contributed by atoms with Crippen LogP contribution in [0.15, 0.2) is 0 Å². The predicted octanol–water partition coefficient (Wildman–Crippen LogP) is 0.592. The second-order valence-corrected chi connectivity index (χ2v) is 1.79. The van der Waals surface area contributed by atoms with E-state index >= 15 is 0 Å². The van der Waals surface area contributed by atoms with Crippen LogP contribution in [0.4, 0.5) is 0 Å². The van der Waals surface area contributed by atoms with Gasteiger partial charge in [0.05, 0.1) is 0 Å². The van der Waals surface area contributed by atoms with Crippen molar-refractivity contribution in [2.24, 2.45) is 0 Å². The third-order valence-electron chi connectivity index (χ3n) is 0.115. The Morgan fingerprint density at radius 1 is 1.83 bits per heavy atom. The molecule has 6 heavy (non-hydrogen) atoms. The Morgan fingerprint density at radius 2 is 2.33 bits per heavy atom. The van der Waals surface area contributed by atoms with Gasteiger partial charge in [0, 0.05) is 4.57 Å². The molecule has 0 aliphatic rings. The van der Waals surface area contributed by atoms with E-state index in [1.165, 1.54) is 0 Å². The molecule has 0 aliphatic heterocycles. The molecule has 2 unspecified atom stereocenters. The summed E-state index contributed by atoms with van der Waals surface area (Å²) in [4.78, 5) is 7.65. The van der Waals surface area contributed by atoms with Crippen molar-refractivity contribution >= 4 is 16.9 Å². The average molecular weight is 128 g/mol. The first-order chi connectivity index (χ1) is 2.77. The van der Waals surface area contributed by atoms with Crippen LogP contribution >= 0.6 is 16.9 Å². The lowest BCUT2D eigenvalue weighted by atomic mass is 15.8. The van der Waals surface area contributed by atoms with Gasteiger partial charge in [0.1, 0.15) is 4.31 Å². The van der Waals surface area contributed by atoms with E-state index in [2.05, 4.69) is 4.31 Å². The Morgan fingerprint density at radius 3 is 2.33 bits per heavy atom. The highest BCUT2D eigenvalue weighted by Gasteiger charge is 2.17. The summed E-state index contributed by atoms with van der Waals surface area (Å²) in [5.74, 6) is 0. The van der Waals surface area contributed by atoms with E-state index in [0.29, 0.717) is 0 Å². The van der Waals surface area contributed by atoms with Crippen LogP contribution < -0.4 is 0 Å². The van der Waals surface area contributed by atoms with Gasteiger partial charge in [-0.2, -0.15) is 0 Å². The van der Waals surface area contributed by atoms with Crippen LogP contribution in [0, 0.1) is 0 Å². The summed E-state index contributed by atoms with van der Waals surface area (Å²) in [6.07, 6.45) is 0. The molecule has 0 spiro atoms. The smallest absolute Gasteiger partial charge is 0.131 e. The Balaban J connectivity index is 3.05. The maximum atomic E-state index is 9.33. The monoisotopic (exact) mass is 128 g/mol. The van der Waals surface area contributed by atoms with Crippen LogP contribution in [-0.2, 0) is 13.4 Å². The minimum absolute atomic E-state index is 1.15. The van der Waals surface area contributed by atoms with Crippen LogP contribution in [0.5, 0.6) is 0 Å². The van der Waals surface area contributed by atoms with E-state index in [9.17, 15) is 9.13 Å². The number of hydrogen-bond acceptors (Lipinski definition) is 3. The molecule has 0 aliphatic carbocycles. The number of hydrogen-bond donors (Lipinski definition) is 1. The third kappa shape index (κ3) is 4.12. The van der Waals surface area contributed by atoms with Crippen LogP contribution in [-0.4, -0.2) is 4.89 Å². The largest absolute Gasteiger partial charge is 0.741 e. The third-order valence-corrected chi connectivity index (χ3v) is 1.04. The standard InChI is InChI=1S/HO4P2/c1-5-4-6(2)3/h5H/q+1/p+1. The van der Waals surface area contributed by atoms with Crippen LogP contribution in [0.25, 0.3) is 0 Å². The fraction of sp³-hybridized carbons (Fsp3) is 0. The maximum absolute atomic E-state index is 9.33. The molecule has 0 aromatic heterocycles. The van der Waals surface area contributed by atoms with Crippen molar-refractivity contribution in [3.05, 3.63) is 0 Å². The van der Waals surface area contributed by atoms with Gasteiger partial charge in [-0.3, -0.25) is 0 Å². The Bertz CT molecular complexity index is 65.9. The minimum atomic E-state index is -2.65. The molecular weight excluding hydrogens is 126 g/mol. The van der Waals surface area contributed by atoms with Crippen LogP contribution in [0.1, 0.15) is 0 Å². The lowest BCUT2D eigenvalue weighted by molar-refractivity contribution is 0.418. The molecule has 0 rings (SSSR count). The van der Waals surface area contributed by atoms with Gasteiger partial charge >= 0.3 is 16.9 Å². The molecule has 0 radical (unpaired) electrons. The van der Waals surface area contributed by atoms with Crippen molar-refractivity contribution in [1.29, 1.82) is 0 Å². The fourth-order valence-corrected chi connectivity index (χ4v) is 0.287. The molecule has 0 heterocycles. The van der Waals surface area contributed by atoms with Crippen molar-refractivity contribution < 1.29 is 18.3 Å². The Hall–Kier alpha value is 0.120. The highest BCUT2D eigenvalue weighted by molar-refractivity contribution is 7.41. The van der Waals surface area contributed by atoms with Gasteiger partial charge in [0.2, 0.25) is 0 Å². The molecule has 1 N–H and O–H groups in total. The van der Waals surface area contributed by atoms with E-state index in [0.717, 1.165) is 0 Å². The molecular formula is H2O4P2+2. The zero-order valence-electron chi connectivity index (χ0n) is 2.62. The minimum Gasteiger partial charge on any atom is -0.131 e. The first-order valence-electron chi connectivity index (χ1n) is 0.973. The van der Waals surface area contributed by atoms with Crippen LogP contribution in [0.2, 0.25) is 0 Å². The van der Waals surface area contributed by atoms with Crippen molar-refractivity contribution in [2.75, 3.05) is 0 Å². The van der Waals surface area contributed by atoms with Crippen molar-refractivity contribution in [3.8, 4) is 0 Å². The molecule has 0 saturated heterocycles. The maximum Gasteiger partial charge on any atom is 0.741 e. The van der Waals surface area contributed by atoms with E-state index in [4.69, 9.17) is 4.89 Å². The summed E-state index contributed by atoms with van der Waals surface area (Å²) in [5, 5.41) is 0. The molecule has 0 aromatic carbocycles. The Labute approximate surface area is 36.4 Å². The van der Waals surface area contributed by atoms with Gasteiger partial charge in [-0.25, -0.2) is 0 Å². The molecule has 2 atom stereocenters. The molecule has 0 amide bonds. The van der Waals surface area contributed by atoms with Gasteiger partial charge in [0.15, 0.2) is 0 Å². The second kappa shape index (κ2) is 3.32. The van der Waals surface area contributed by atoms with E-state index in [1.807, 2.05) is 0 Å². The van der Waals surface area contributed by atoms with E-state index in [1.54, 1.807) is 0 Å². The quantitative estimate of drug-likeness (QED) is 0.552. The molecule has 0 saturated carbocycles. The van der Waals surface area contributed by atoms with Gasteiger partial charge in [-0.15, -0.1) is 4.89 Å². The van der Waals surface area contributed by atoms with Crippen LogP contribution in [0.3, 0.4) is 0 Å². The summed E-state index contributed by atoms with van der Waals surface area (Å²) < 4.78 is 22.1. The lowest BCUT2D eigenvalue weighted by Crippen LogP contribution is -1.47. The topological polar surface area (TPSA) is 63.6 Å². The first-order valence-corrected chi connectivity index (χ1v) is 2.92. The normalized spacial score (nSPS) is 11.8. The molecule has 6 heteroatoms. The summed E-state index contributed by atoms with van der Waals surface area (Å²) in [6.45, 7) is 0. The van der Waals surface area contributed by atoms with E-state index in [-0.39, 0.29) is 0 Å². The summed E-state index contributed by atoms with van der Waals surface area (Å²) in [5.41, 5.74) is 0. The first kappa shape index (κ1) is 6.12. The molecule has 34 valence electrons. The molecule has 0 bridgehead atoms. The van der Waals surface area contributed by atoms with Crippen molar-refractivity contribution in [1.82, 2.24) is 0 Å². The summed E-state index contributed by atoms with van der Waals surface area (Å²) in [7, 11) is -3.80. The average Bonchev–Trinajstić information content (AvgIpc) is 1.35. The lowest BCUT2D eigenvalue weighted by Gasteiger charge is -1.43. The molecule has 0 aromatic rings. The Kier molecular flexibility index (Phi) is 3.38. The summed E-state index contributed by atoms with van der Waals surface area (Å²) in [6, 6.07) is 0. The molecule has 4 nitrogen and oxygen atoms in total. The SMILES string of the molecule is O=[PH+]O[P+](=O)O. The van der Waals surface area contributed by atoms with Crippen molar-refractivity contribution in [2.45, 2.75) is 0 Å². The van der Waals surface area contributed by atoms with Crippen molar-refractivity contribution in [3.63, 3.8) is 0 Å². The highest BCUT2D eigenvalue weighted by atomic mass is 31.2. The van der Waals surface area contributed by atoms with Gasteiger partial charge in [-0.1, -0.05) is 0 Å². The zero-order chi connectivity index (χ0) is 4.99. The van der Waals surface area contributed by atoms with E-state index < -0.39 is 16.9 Å². The predicted molar refractivity (Wildman–Crippen MR) is 19.9 cm³/mol.